The van der Waals surface area contributed by atoms with E-state index in [2.05, 4.69) is 4.99 Å². The van der Waals surface area contributed by atoms with E-state index in [-0.39, 0.29) is 11.7 Å². The van der Waals surface area contributed by atoms with Crippen LogP contribution in [0, 0.1) is 12.7 Å². The highest BCUT2D eigenvalue weighted by Gasteiger charge is 2.14. The molecule has 0 aliphatic rings. The van der Waals surface area contributed by atoms with Crippen LogP contribution in [0.1, 0.15) is 15.2 Å². The Kier molecular flexibility index (Phi) is 5.23. The van der Waals surface area contributed by atoms with Crippen molar-refractivity contribution in [3.8, 4) is 22.4 Å². The lowest BCUT2D eigenvalue weighted by atomic mass is 9.99. The second kappa shape index (κ2) is 7.97. The molecule has 29 heavy (non-hydrogen) atoms. The van der Waals surface area contributed by atoms with Crippen molar-refractivity contribution in [2.24, 2.45) is 12.0 Å². The van der Waals surface area contributed by atoms with Crippen molar-refractivity contribution in [2.75, 3.05) is 0 Å². The van der Waals surface area contributed by atoms with E-state index in [4.69, 9.17) is 0 Å². The Labute approximate surface area is 172 Å². The van der Waals surface area contributed by atoms with Gasteiger partial charge < -0.3 is 4.57 Å². The summed E-state index contributed by atoms with van der Waals surface area (Å²) in [5.41, 5.74) is 4.22. The fourth-order valence-corrected chi connectivity index (χ4v) is 4.36. The quantitative estimate of drug-likeness (QED) is 0.439. The van der Waals surface area contributed by atoms with Gasteiger partial charge in [0.25, 0.3) is 5.91 Å². The molecule has 0 saturated carbocycles. The molecule has 4 aromatic rings. The maximum Gasteiger partial charge on any atom is 0.280 e. The lowest BCUT2D eigenvalue weighted by Gasteiger charge is -2.07. The molecule has 144 valence electrons. The minimum atomic E-state index is -0.285. The molecule has 0 radical (unpaired) electrons. The van der Waals surface area contributed by atoms with Crippen molar-refractivity contribution in [3.63, 3.8) is 0 Å². The number of rotatable bonds is 3. The van der Waals surface area contributed by atoms with Gasteiger partial charge in [0, 0.05) is 17.5 Å². The second-order valence-corrected chi connectivity index (χ2v) is 7.87. The van der Waals surface area contributed by atoms with Crippen LogP contribution < -0.4 is 4.80 Å². The van der Waals surface area contributed by atoms with E-state index in [1.165, 1.54) is 23.5 Å². The van der Waals surface area contributed by atoms with E-state index in [1.54, 1.807) is 18.2 Å². The molecule has 3 nitrogen and oxygen atoms in total. The normalized spacial score (nSPS) is 11.6. The van der Waals surface area contributed by atoms with Gasteiger partial charge >= 0.3 is 0 Å². The number of carbonyl (C=O) groups excluding carboxylic acids is 1. The third-order valence-electron chi connectivity index (χ3n) is 4.76. The van der Waals surface area contributed by atoms with Crippen molar-refractivity contribution in [1.29, 1.82) is 0 Å². The molecule has 3 aromatic carbocycles. The zero-order chi connectivity index (χ0) is 20.4. The summed E-state index contributed by atoms with van der Waals surface area (Å²) in [6, 6.07) is 23.6. The van der Waals surface area contributed by atoms with Crippen LogP contribution in [0.4, 0.5) is 4.39 Å². The highest BCUT2D eigenvalue weighted by molar-refractivity contribution is 7.09. The molecule has 0 spiro atoms. The fraction of sp³-hybridized carbons (Fsp3) is 0.0833. The SMILES string of the molecule is Cc1sc(=NC(=O)c2ccccc2-c2ccccc2)n(C)c1-c1ccc(F)cc1. The number of amides is 1. The summed E-state index contributed by atoms with van der Waals surface area (Å²) >= 11 is 1.45. The molecule has 0 bridgehead atoms. The molecule has 1 amide bonds. The second-order valence-electron chi connectivity index (χ2n) is 6.68. The first-order valence-electron chi connectivity index (χ1n) is 9.20. The van der Waals surface area contributed by atoms with Gasteiger partial charge in [-0.1, -0.05) is 48.5 Å². The fourth-order valence-electron chi connectivity index (χ4n) is 3.37. The first-order chi connectivity index (χ1) is 14.0. The first kappa shape index (κ1) is 19.0. The van der Waals surface area contributed by atoms with Crippen molar-refractivity contribution >= 4 is 17.2 Å². The summed E-state index contributed by atoms with van der Waals surface area (Å²) < 4.78 is 15.2. The number of nitrogens with zero attached hydrogens (tertiary/aromatic N) is 2. The van der Waals surface area contributed by atoms with Gasteiger partial charge in [0.05, 0.1) is 5.69 Å². The van der Waals surface area contributed by atoms with Crippen molar-refractivity contribution < 1.29 is 9.18 Å². The summed E-state index contributed by atoms with van der Waals surface area (Å²) in [4.78, 5) is 19.1. The average molecular weight is 402 g/mol. The number of carbonyl (C=O) groups is 1. The Morgan fingerprint density at radius 2 is 1.55 bits per heavy atom. The largest absolute Gasteiger partial charge is 0.319 e. The van der Waals surface area contributed by atoms with Gasteiger partial charge in [-0.3, -0.25) is 4.79 Å². The van der Waals surface area contributed by atoms with Gasteiger partial charge in [-0.25, -0.2) is 4.39 Å². The molecule has 0 atom stereocenters. The molecule has 0 aliphatic carbocycles. The van der Waals surface area contributed by atoms with Gasteiger partial charge in [-0.05, 0) is 53.9 Å². The molecule has 5 heteroatoms. The molecule has 0 unspecified atom stereocenters. The van der Waals surface area contributed by atoms with Gasteiger partial charge in [-0.2, -0.15) is 4.99 Å². The Morgan fingerprint density at radius 3 is 2.28 bits per heavy atom. The Hall–Kier alpha value is -3.31. The van der Waals surface area contributed by atoms with Gasteiger partial charge in [-0.15, -0.1) is 11.3 Å². The predicted molar refractivity (Wildman–Crippen MR) is 115 cm³/mol. The van der Waals surface area contributed by atoms with Crippen LogP contribution in [0.25, 0.3) is 22.4 Å². The number of thiazole rings is 1. The van der Waals surface area contributed by atoms with Crippen LogP contribution in [0.2, 0.25) is 0 Å². The number of hydrogen-bond acceptors (Lipinski definition) is 2. The molecular weight excluding hydrogens is 383 g/mol. The Balaban J connectivity index is 1.78. The molecule has 0 fully saturated rings. The van der Waals surface area contributed by atoms with E-state index >= 15 is 0 Å². The Bertz CT molecular complexity index is 1240. The van der Waals surface area contributed by atoms with Gasteiger partial charge in [0.2, 0.25) is 0 Å². The summed E-state index contributed by atoms with van der Waals surface area (Å²) in [6.45, 7) is 1.98. The van der Waals surface area contributed by atoms with Crippen molar-refractivity contribution in [3.05, 3.63) is 99.9 Å². The zero-order valence-corrected chi connectivity index (χ0v) is 16.9. The summed E-state index contributed by atoms with van der Waals surface area (Å²) in [5, 5.41) is 0. The average Bonchev–Trinajstić information content (AvgIpc) is 3.02. The highest BCUT2D eigenvalue weighted by atomic mass is 32.1. The summed E-state index contributed by atoms with van der Waals surface area (Å²) in [7, 11) is 1.87. The summed E-state index contributed by atoms with van der Waals surface area (Å²) in [5.74, 6) is -0.561. The Morgan fingerprint density at radius 1 is 0.897 bits per heavy atom. The van der Waals surface area contributed by atoms with E-state index < -0.39 is 0 Å². The minimum absolute atomic E-state index is 0.276. The predicted octanol–water partition coefficient (Wildman–Crippen LogP) is 5.61. The smallest absolute Gasteiger partial charge is 0.280 e. The van der Waals surface area contributed by atoms with Crippen molar-refractivity contribution in [2.45, 2.75) is 6.92 Å². The maximum atomic E-state index is 13.3. The molecule has 1 heterocycles. The van der Waals surface area contributed by atoms with Crippen molar-refractivity contribution in [1.82, 2.24) is 4.57 Å². The topological polar surface area (TPSA) is 34.4 Å². The van der Waals surface area contributed by atoms with E-state index in [0.717, 1.165) is 27.3 Å². The van der Waals surface area contributed by atoms with E-state index in [9.17, 15) is 9.18 Å². The summed E-state index contributed by atoms with van der Waals surface area (Å²) in [6.07, 6.45) is 0. The van der Waals surface area contributed by atoms with E-state index in [0.29, 0.717) is 10.4 Å². The molecule has 0 saturated heterocycles. The lowest BCUT2D eigenvalue weighted by Crippen LogP contribution is -2.14. The van der Waals surface area contributed by atoms with Crippen LogP contribution >= 0.6 is 11.3 Å². The van der Waals surface area contributed by atoms with Crippen LogP contribution in [-0.4, -0.2) is 10.5 Å². The van der Waals surface area contributed by atoms with Crippen LogP contribution in [0.3, 0.4) is 0 Å². The molecule has 1 aromatic heterocycles. The zero-order valence-electron chi connectivity index (χ0n) is 16.1. The number of halogens is 1. The number of aryl methyl sites for hydroxylation is 1. The van der Waals surface area contributed by atoms with Gasteiger partial charge in [0.15, 0.2) is 4.80 Å². The third kappa shape index (κ3) is 3.82. The lowest BCUT2D eigenvalue weighted by molar-refractivity contribution is 0.0998. The standard InChI is InChI=1S/C24H19FN2OS/c1-16-22(18-12-14-19(25)15-13-18)27(2)24(29-16)26-23(28)21-11-7-6-10-20(21)17-8-4-3-5-9-17/h3-15H,1-2H3. The number of hydrogen-bond donors (Lipinski definition) is 0. The van der Waals surface area contributed by atoms with E-state index in [1.807, 2.05) is 67.1 Å². The maximum absolute atomic E-state index is 13.3. The third-order valence-corrected chi connectivity index (χ3v) is 5.80. The van der Waals surface area contributed by atoms with Crippen LogP contribution in [0.15, 0.2) is 83.9 Å². The minimum Gasteiger partial charge on any atom is -0.319 e. The highest BCUT2D eigenvalue weighted by Crippen LogP contribution is 2.26. The van der Waals surface area contributed by atoms with Crippen LogP contribution in [-0.2, 0) is 7.05 Å². The monoisotopic (exact) mass is 402 g/mol. The number of aromatic nitrogens is 1. The first-order valence-corrected chi connectivity index (χ1v) is 10.0. The molecule has 4 rings (SSSR count). The van der Waals surface area contributed by atoms with Gasteiger partial charge in [0.1, 0.15) is 5.82 Å². The van der Waals surface area contributed by atoms with Crippen LogP contribution in [0.5, 0.6) is 0 Å². The molecular formula is C24H19FN2OS. The number of benzene rings is 3. The molecule has 0 N–H and O–H groups in total. The molecule has 0 aliphatic heterocycles.